The van der Waals surface area contributed by atoms with Crippen LogP contribution in [0.3, 0.4) is 0 Å². The van der Waals surface area contributed by atoms with Gasteiger partial charge in [-0.05, 0) is 24.5 Å². The molecular formula is C13H18N2O3S. The highest BCUT2D eigenvalue weighted by Gasteiger charge is 2.17. The van der Waals surface area contributed by atoms with E-state index in [1.54, 1.807) is 6.07 Å². The monoisotopic (exact) mass is 282 g/mol. The fourth-order valence-electron chi connectivity index (χ4n) is 2.14. The van der Waals surface area contributed by atoms with Gasteiger partial charge in [-0.2, -0.15) is 0 Å². The van der Waals surface area contributed by atoms with Gasteiger partial charge in [-0.25, -0.2) is 8.42 Å². The number of hydrogen-bond acceptors (Lipinski definition) is 4. The van der Waals surface area contributed by atoms with Crippen LogP contribution in [0.25, 0.3) is 0 Å². The summed E-state index contributed by atoms with van der Waals surface area (Å²) in [6, 6.07) is 5.62. The number of amides is 1. The SMILES string of the molecule is CS(=O)(=O)CCNC(=O)c1cccc2c1NCCC2. The maximum atomic E-state index is 12.1. The van der Waals surface area contributed by atoms with E-state index in [-0.39, 0.29) is 18.2 Å². The lowest BCUT2D eigenvalue weighted by Crippen LogP contribution is -2.30. The predicted molar refractivity (Wildman–Crippen MR) is 75.3 cm³/mol. The number of anilines is 1. The number of benzene rings is 1. The van der Waals surface area contributed by atoms with E-state index < -0.39 is 9.84 Å². The van der Waals surface area contributed by atoms with Crippen molar-refractivity contribution in [2.45, 2.75) is 12.8 Å². The van der Waals surface area contributed by atoms with Crippen molar-refractivity contribution in [1.82, 2.24) is 5.32 Å². The topological polar surface area (TPSA) is 75.3 Å². The second-order valence-electron chi connectivity index (χ2n) is 4.76. The summed E-state index contributed by atoms with van der Waals surface area (Å²) in [5, 5.41) is 5.89. The third-order valence-electron chi connectivity index (χ3n) is 3.08. The molecule has 0 spiro atoms. The number of nitrogens with one attached hydrogen (secondary N) is 2. The zero-order valence-electron chi connectivity index (χ0n) is 10.9. The number of carbonyl (C=O) groups excluding carboxylic acids is 1. The van der Waals surface area contributed by atoms with Crippen LogP contribution in [0.15, 0.2) is 18.2 Å². The molecule has 0 aromatic heterocycles. The molecule has 1 aromatic carbocycles. The highest BCUT2D eigenvalue weighted by atomic mass is 32.2. The molecule has 0 fully saturated rings. The Morgan fingerprint density at radius 3 is 2.95 bits per heavy atom. The first-order valence-electron chi connectivity index (χ1n) is 6.29. The van der Waals surface area contributed by atoms with Gasteiger partial charge in [0.25, 0.3) is 5.91 Å². The Balaban J connectivity index is 2.07. The van der Waals surface area contributed by atoms with Crippen molar-refractivity contribution in [1.29, 1.82) is 0 Å². The van der Waals surface area contributed by atoms with Gasteiger partial charge in [0.15, 0.2) is 0 Å². The number of fused-ring (bicyclic) bond motifs is 1. The van der Waals surface area contributed by atoms with Crippen molar-refractivity contribution in [3.05, 3.63) is 29.3 Å². The van der Waals surface area contributed by atoms with Crippen LogP contribution in [0.5, 0.6) is 0 Å². The number of carbonyl (C=O) groups is 1. The van der Waals surface area contributed by atoms with E-state index in [1.807, 2.05) is 12.1 Å². The summed E-state index contributed by atoms with van der Waals surface area (Å²) in [5.74, 6) is -0.267. The van der Waals surface area contributed by atoms with E-state index in [0.29, 0.717) is 5.56 Å². The van der Waals surface area contributed by atoms with Crippen molar-refractivity contribution < 1.29 is 13.2 Å². The Morgan fingerprint density at radius 1 is 1.42 bits per heavy atom. The van der Waals surface area contributed by atoms with Crippen molar-refractivity contribution in [3.8, 4) is 0 Å². The maximum absolute atomic E-state index is 12.1. The number of para-hydroxylation sites is 1. The molecule has 0 atom stereocenters. The standard InChI is InChI=1S/C13H18N2O3S/c1-19(17,18)9-8-15-13(16)11-6-2-4-10-5-3-7-14-12(10)11/h2,4,6,14H,3,5,7-9H2,1H3,(H,15,16). The summed E-state index contributed by atoms with van der Waals surface area (Å²) in [7, 11) is -3.05. The van der Waals surface area contributed by atoms with E-state index in [0.717, 1.165) is 36.9 Å². The molecule has 19 heavy (non-hydrogen) atoms. The van der Waals surface area contributed by atoms with Gasteiger partial charge in [0, 0.05) is 19.3 Å². The van der Waals surface area contributed by atoms with Gasteiger partial charge in [0.2, 0.25) is 0 Å². The first kappa shape index (κ1) is 13.9. The molecule has 0 bridgehead atoms. The highest BCUT2D eigenvalue weighted by molar-refractivity contribution is 7.90. The van der Waals surface area contributed by atoms with E-state index >= 15 is 0 Å². The molecule has 104 valence electrons. The van der Waals surface area contributed by atoms with Gasteiger partial charge in [0.05, 0.1) is 17.0 Å². The molecule has 1 aliphatic heterocycles. The lowest BCUT2D eigenvalue weighted by Gasteiger charge is -2.20. The Morgan fingerprint density at radius 2 is 2.21 bits per heavy atom. The van der Waals surface area contributed by atoms with Gasteiger partial charge < -0.3 is 10.6 Å². The molecular weight excluding hydrogens is 264 g/mol. The molecule has 1 heterocycles. The average molecular weight is 282 g/mol. The quantitative estimate of drug-likeness (QED) is 0.857. The lowest BCUT2D eigenvalue weighted by atomic mass is 9.99. The molecule has 5 nitrogen and oxygen atoms in total. The number of aryl methyl sites for hydroxylation is 1. The summed E-state index contributed by atoms with van der Waals surface area (Å²) in [6.07, 6.45) is 3.18. The van der Waals surface area contributed by atoms with Gasteiger partial charge in [-0.1, -0.05) is 12.1 Å². The lowest BCUT2D eigenvalue weighted by molar-refractivity contribution is 0.0957. The van der Waals surface area contributed by atoms with Gasteiger partial charge in [0.1, 0.15) is 9.84 Å². The largest absolute Gasteiger partial charge is 0.384 e. The number of hydrogen-bond donors (Lipinski definition) is 2. The average Bonchev–Trinajstić information content (AvgIpc) is 2.36. The normalized spacial score (nSPS) is 14.4. The molecule has 0 saturated carbocycles. The van der Waals surface area contributed by atoms with Crippen LogP contribution in [0.2, 0.25) is 0 Å². The molecule has 1 amide bonds. The van der Waals surface area contributed by atoms with E-state index in [2.05, 4.69) is 10.6 Å². The summed E-state index contributed by atoms with van der Waals surface area (Å²) in [4.78, 5) is 12.1. The van der Waals surface area contributed by atoms with E-state index in [4.69, 9.17) is 0 Å². The first-order valence-corrected chi connectivity index (χ1v) is 8.35. The van der Waals surface area contributed by atoms with E-state index in [1.165, 1.54) is 0 Å². The van der Waals surface area contributed by atoms with Crippen molar-refractivity contribution in [2.75, 3.05) is 30.4 Å². The molecule has 0 radical (unpaired) electrons. The van der Waals surface area contributed by atoms with Crippen molar-refractivity contribution in [2.24, 2.45) is 0 Å². The molecule has 0 aliphatic carbocycles. The summed E-state index contributed by atoms with van der Waals surface area (Å²) >= 11 is 0. The van der Waals surface area contributed by atoms with Crippen LogP contribution < -0.4 is 10.6 Å². The third-order valence-corrected chi connectivity index (χ3v) is 4.02. The Bertz CT molecular complexity index is 582. The number of rotatable bonds is 4. The van der Waals surface area contributed by atoms with Crippen LogP contribution in [0.1, 0.15) is 22.3 Å². The highest BCUT2D eigenvalue weighted by Crippen LogP contribution is 2.25. The first-order chi connectivity index (χ1) is 8.97. The summed E-state index contributed by atoms with van der Waals surface area (Å²) < 4.78 is 22.0. The Kier molecular flexibility index (Phi) is 4.09. The van der Waals surface area contributed by atoms with Crippen molar-refractivity contribution in [3.63, 3.8) is 0 Å². The number of sulfone groups is 1. The minimum absolute atomic E-state index is 0.0405. The molecule has 0 unspecified atom stereocenters. The minimum Gasteiger partial charge on any atom is -0.384 e. The van der Waals surface area contributed by atoms with Gasteiger partial charge in [-0.15, -0.1) is 0 Å². The molecule has 0 saturated heterocycles. The zero-order valence-corrected chi connectivity index (χ0v) is 11.7. The summed E-state index contributed by atoms with van der Waals surface area (Å²) in [6.45, 7) is 1.00. The fourth-order valence-corrected chi connectivity index (χ4v) is 2.62. The minimum atomic E-state index is -3.05. The Labute approximate surface area is 113 Å². The van der Waals surface area contributed by atoms with Gasteiger partial charge >= 0.3 is 0 Å². The molecule has 1 aliphatic rings. The molecule has 2 N–H and O–H groups in total. The molecule has 2 rings (SSSR count). The van der Waals surface area contributed by atoms with Crippen LogP contribution in [0.4, 0.5) is 5.69 Å². The van der Waals surface area contributed by atoms with Crippen molar-refractivity contribution >= 4 is 21.4 Å². The fraction of sp³-hybridized carbons (Fsp3) is 0.462. The van der Waals surface area contributed by atoms with Gasteiger partial charge in [-0.3, -0.25) is 4.79 Å². The Hall–Kier alpha value is -1.56. The third kappa shape index (κ3) is 3.70. The summed E-state index contributed by atoms with van der Waals surface area (Å²) in [5.41, 5.74) is 2.61. The maximum Gasteiger partial charge on any atom is 0.253 e. The second kappa shape index (κ2) is 5.61. The predicted octanol–water partition coefficient (Wildman–Crippen LogP) is 0.819. The zero-order chi connectivity index (χ0) is 13.9. The molecule has 1 aromatic rings. The molecule has 6 heteroatoms. The van der Waals surface area contributed by atoms with E-state index in [9.17, 15) is 13.2 Å². The van der Waals surface area contributed by atoms with Crippen LogP contribution in [0, 0.1) is 0 Å². The smallest absolute Gasteiger partial charge is 0.253 e. The van der Waals surface area contributed by atoms with Crippen LogP contribution in [-0.4, -0.2) is 39.4 Å². The van der Waals surface area contributed by atoms with Crippen LogP contribution >= 0.6 is 0 Å². The second-order valence-corrected chi connectivity index (χ2v) is 7.02. The van der Waals surface area contributed by atoms with Crippen LogP contribution in [-0.2, 0) is 16.3 Å².